The van der Waals surface area contributed by atoms with Crippen molar-refractivity contribution in [2.24, 2.45) is 5.84 Å². The molecule has 3 N–H and O–H groups in total. The normalized spacial score (nSPS) is 19.3. The van der Waals surface area contributed by atoms with Crippen molar-refractivity contribution < 1.29 is 17.9 Å². The minimum atomic E-state index is -4.15. The highest BCUT2D eigenvalue weighted by Gasteiger charge is 2.29. The van der Waals surface area contributed by atoms with Crippen LogP contribution in [0.15, 0.2) is 11.8 Å². The summed E-state index contributed by atoms with van der Waals surface area (Å²) >= 11 is 0. The zero-order valence-electron chi connectivity index (χ0n) is 8.31. The Morgan fingerprint density at radius 2 is 2.27 bits per heavy atom. The SMILES string of the molecule is NNC(CCC(F)(F)F)C1=CCCCO1. The minimum Gasteiger partial charge on any atom is -0.497 e. The number of rotatable bonds is 4. The number of nitrogens with two attached hydrogens (primary N) is 1. The smallest absolute Gasteiger partial charge is 0.389 e. The Balaban J connectivity index is 2.44. The van der Waals surface area contributed by atoms with Gasteiger partial charge in [-0.1, -0.05) is 0 Å². The Morgan fingerprint density at radius 1 is 1.53 bits per heavy atom. The van der Waals surface area contributed by atoms with Crippen LogP contribution < -0.4 is 11.3 Å². The summed E-state index contributed by atoms with van der Waals surface area (Å²) < 4.78 is 41.2. The van der Waals surface area contributed by atoms with Crippen molar-refractivity contribution >= 4 is 0 Å². The average Bonchev–Trinajstić information content (AvgIpc) is 2.19. The fraction of sp³-hybridized carbons (Fsp3) is 0.778. The molecule has 0 saturated heterocycles. The third-order valence-corrected chi connectivity index (χ3v) is 2.22. The van der Waals surface area contributed by atoms with Crippen molar-refractivity contribution in [3.8, 4) is 0 Å². The molecule has 3 nitrogen and oxygen atoms in total. The highest BCUT2D eigenvalue weighted by Crippen LogP contribution is 2.25. The Morgan fingerprint density at radius 3 is 2.73 bits per heavy atom. The molecule has 15 heavy (non-hydrogen) atoms. The summed E-state index contributed by atoms with van der Waals surface area (Å²) in [5.41, 5.74) is 2.35. The second kappa shape index (κ2) is 5.37. The van der Waals surface area contributed by atoms with Gasteiger partial charge in [-0.25, -0.2) is 5.43 Å². The van der Waals surface area contributed by atoms with E-state index < -0.39 is 18.6 Å². The third kappa shape index (κ3) is 4.53. The second-order valence-corrected chi connectivity index (χ2v) is 3.47. The number of alkyl halides is 3. The molecule has 0 aromatic heterocycles. The summed E-state index contributed by atoms with van der Waals surface area (Å²) in [6.45, 7) is 0.552. The molecule has 0 saturated carbocycles. The standard InChI is InChI=1S/C9H15F3N2O/c10-9(11,12)5-4-7(14-13)8-3-1-2-6-15-8/h3,7,14H,1-2,4-6,13H2. The van der Waals surface area contributed by atoms with Gasteiger partial charge in [-0.05, 0) is 25.3 Å². The molecule has 0 fully saturated rings. The van der Waals surface area contributed by atoms with Gasteiger partial charge in [-0.3, -0.25) is 5.84 Å². The van der Waals surface area contributed by atoms with E-state index in [0.29, 0.717) is 12.4 Å². The first-order valence-electron chi connectivity index (χ1n) is 4.88. The highest BCUT2D eigenvalue weighted by molar-refractivity contribution is 5.04. The topological polar surface area (TPSA) is 47.3 Å². The predicted molar refractivity (Wildman–Crippen MR) is 49.7 cm³/mol. The molecular formula is C9H15F3N2O. The van der Waals surface area contributed by atoms with Gasteiger partial charge < -0.3 is 4.74 Å². The van der Waals surface area contributed by atoms with E-state index in [2.05, 4.69) is 5.43 Å². The van der Waals surface area contributed by atoms with Gasteiger partial charge in [0.25, 0.3) is 0 Å². The maximum absolute atomic E-state index is 12.0. The fourth-order valence-electron chi connectivity index (χ4n) is 1.44. The Labute approximate surface area is 86.4 Å². The molecule has 0 radical (unpaired) electrons. The van der Waals surface area contributed by atoms with Crippen LogP contribution in [-0.2, 0) is 4.74 Å². The first-order valence-corrected chi connectivity index (χ1v) is 4.88. The quantitative estimate of drug-likeness (QED) is 0.566. The summed E-state index contributed by atoms with van der Waals surface area (Å²) in [6, 6.07) is -0.535. The number of halogens is 3. The molecule has 0 aromatic rings. The van der Waals surface area contributed by atoms with Gasteiger partial charge in [0.15, 0.2) is 0 Å². The van der Waals surface area contributed by atoms with Crippen molar-refractivity contribution in [3.63, 3.8) is 0 Å². The third-order valence-electron chi connectivity index (χ3n) is 2.22. The second-order valence-electron chi connectivity index (χ2n) is 3.47. The number of hydrazine groups is 1. The van der Waals surface area contributed by atoms with Gasteiger partial charge in [0.2, 0.25) is 0 Å². The maximum atomic E-state index is 12.0. The van der Waals surface area contributed by atoms with Crippen LogP contribution >= 0.6 is 0 Å². The van der Waals surface area contributed by atoms with Crippen LogP contribution in [0.3, 0.4) is 0 Å². The molecular weight excluding hydrogens is 209 g/mol. The zero-order valence-corrected chi connectivity index (χ0v) is 8.31. The predicted octanol–water partition coefficient (Wildman–Crippen LogP) is 1.86. The minimum absolute atomic E-state index is 0.0914. The summed E-state index contributed by atoms with van der Waals surface area (Å²) in [5, 5.41) is 0. The molecule has 1 aliphatic heterocycles. The first kappa shape index (κ1) is 12.3. The van der Waals surface area contributed by atoms with E-state index in [-0.39, 0.29) is 6.42 Å². The van der Waals surface area contributed by atoms with Crippen LogP contribution in [0.5, 0.6) is 0 Å². The van der Waals surface area contributed by atoms with E-state index in [1.165, 1.54) is 0 Å². The molecule has 0 aromatic carbocycles. The van der Waals surface area contributed by atoms with Crippen LogP contribution in [0, 0.1) is 0 Å². The largest absolute Gasteiger partial charge is 0.497 e. The molecule has 6 heteroatoms. The fourth-order valence-corrected chi connectivity index (χ4v) is 1.44. The van der Waals surface area contributed by atoms with E-state index >= 15 is 0 Å². The van der Waals surface area contributed by atoms with Crippen molar-refractivity contribution in [3.05, 3.63) is 11.8 Å². The van der Waals surface area contributed by atoms with Crippen molar-refractivity contribution in [1.29, 1.82) is 0 Å². The Bertz CT molecular complexity index is 228. The molecule has 1 aliphatic rings. The van der Waals surface area contributed by atoms with E-state index in [0.717, 1.165) is 12.8 Å². The van der Waals surface area contributed by atoms with Crippen molar-refractivity contribution in [2.75, 3.05) is 6.61 Å². The molecule has 0 amide bonds. The van der Waals surface area contributed by atoms with Crippen LogP contribution in [0.2, 0.25) is 0 Å². The zero-order chi connectivity index (χ0) is 11.3. The highest BCUT2D eigenvalue weighted by atomic mass is 19.4. The molecule has 88 valence electrons. The van der Waals surface area contributed by atoms with Crippen molar-refractivity contribution in [1.82, 2.24) is 5.43 Å². The molecule has 1 atom stereocenters. The van der Waals surface area contributed by atoms with Crippen LogP contribution in [0.1, 0.15) is 25.7 Å². The van der Waals surface area contributed by atoms with Crippen LogP contribution in [0.4, 0.5) is 13.2 Å². The van der Waals surface area contributed by atoms with Crippen molar-refractivity contribution in [2.45, 2.75) is 37.9 Å². The van der Waals surface area contributed by atoms with Gasteiger partial charge in [-0.15, -0.1) is 0 Å². The Hall–Kier alpha value is -0.750. The number of allylic oxidation sites excluding steroid dienone is 1. The number of hydrogen-bond acceptors (Lipinski definition) is 3. The summed E-state index contributed by atoms with van der Waals surface area (Å²) in [6.07, 6.45) is -1.57. The van der Waals surface area contributed by atoms with Gasteiger partial charge in [0.05, 0.1) is 12.6 Å². The van der Waals surface area contributed by atoms with Gasteiger partial charge in [0.1, 0.15) is 5.76 Å². The molecule has 0 bridgehead atoms. The van der Waals surface area contributed by atoms with Crippen LogP contribution in [0.25, 0.3) is 0 Å². The van der Waals surface area contributed by atoms with Gasteiger partial charge in [-0.2, -0.15) is 13.2 Å². The molecule has 0 aliphatic carbocycles. The van der Waals surface area contributed by atoms with E-state index in [4.69, 9.17) is 10.6 Å². The lowest BCUT2D eigenvalue weighted by molar-refractivity contribution is -0.136. The number of ether oxygens (including phenoxy) is 1. The van der Waals surface area contributed by atoms with Gasteiger partial charge in [0, 0.05) is 6.42 Å². The maximum Gasteiger partial charge on any atom is 0.389 e. The molecule has 0 spiro atoms. The van der Waals surface area contributed by atoms with Gasteiger partial charge >= 0.3 is 6.18 Å². The lowest BCUT2D eigenvalue weighted by Gasteiger charge is -2.23. The summed E-state index contributed by atoms with van der Waals surface area (Å²) in [7, 11) is 0. The van der Waals surface area contributed by atoms with E-state index in [9.17, 15) is 13.2 Å². The summed E-state index contributed by atoms with van der Waals surface area (Å²) in [4.78, 5) is 0. The Kier molecular flexibility index (Phi) is 4.41. The molecule has 1 unspecified atom stereocenters. The number of hydrogen-bond donors (Lipinski definition) is 2. The van der Waals surface area contributed by atoms with E-state index in [1.807, 2.05) is 0 Å². The van der Waals surface area contributed by atoms with Crippen LogP contribution in [-0.4, -0.2) is 18.8 Å². The molecule has 1 rings (SSSR count). The number of nitrogens with one attached hydrogen (secondary N) is 1. The first-order chi connectivity index (χ1) is 7.03. The molecule has 1 heterocycles. The summed E-state index contributed by atoms with van der Waals surface area (Å²) in [5.74, 6) is 5.73. The monoisotopic (exact) mass is 224 g/mol. The average molecular weight is 224 g/mol. The lowest BCUT2D eigenvalue weighted by atomic mass is 10.1. The lowest BCUT2D eigenvalue weighted by Crippen LogP contribution is -2.38. The van der Waals surface area contributed by atoms with E-state index in [1.54, 1.807) is 6.08 Å².